The predicted octanol–water partition coefficient (Wildman–Crippen LogP) is 5.87. The van der Waals surface area contributed by atoms with E-state index < -0.39 is 5.97 Å². The SMILES string of the molecule is O=C(Oc1c(/C=C2\N=C3CCCCCN3C2=O)ccc2ccccc12)c1ccccc1Cl. The fourth-order valence-electron chi connectivity index (χ4n) is 4.16. The Hall–Kier alpha value is -3.44. The van der Waals surface area contributed by atoms with Crippen LogP contribution in [-0.2, 0) is 4.79 Å². The van der Waals surface area contributed by atoms with Crippen LogP contribution in [0.15, 0.2) is 71.4 Å². The molecule has 2 aliphatic rings. The summed E-state index contributed by atoms with van der Waals surface area (Å²) < 4.78 is 5.87. The van der Waals surface area contributed by atoms with Gasteiger partial charge < -0.3 is 4.74 Å². The Morgan fingerprint density at radius 1 is 1.00 bits per heavy atom. The molecule has 0 N–H and O–H groups in total. The van der Waals surface area contributed by atoms with E-state index in [-0.39, 0.29) is 11.5 Å². The van der Waals surface area contributed by atoms with Crippen LogP contribution in [0.4, 0.5) is 0 Å². The molecule has 0 radical (unpaired) electrons. The first-order chi connectivity index (χ1) is 15.6. The molecule has 0 saturated carbocycles. The number of carbonyl (C=O) groups is 2. The highest BCUT2D eigenvalue weighted by Crippen LogP contribution is 2.34. The van der Waals surface area contributed by atoms with Crippen LogP contribution in [0.25, 0.3) is 16.8 Å². The molecule has 3 aromatic rings. The van der Waals surface area contributed by atoms with Gasteiger partial charge in [0.05, 0.1) is 10.6 Å². The molecule has 1 fully saturated rings. The van der Waals surface area contributed by atoms with Gasteiger partial charge in [0.1, 0.15) is 17.3 Å². The van der Waals surface area contributed by atoms with Crippen molar-refractivity contribution >= 4 is 46.2 Å². The molecule has 0 spiro atoms. The first-order valence-electron chi connectivity index (χ1n) is 10.7. The third-order valence-electron chi connectivity index (χ3n) is 5.80. The van der Waals surface area contributed by atoms with Crippen molar-refractivity contribution in [2.75, 3.05) is 6.54 Å². The molecule has 0 atom stereocenters. The van der Waals surface area contributed by atoms with Crippen LogP contribution < -0.4 is 4.74 Å². The number of ether oxygens (including phenoxy) is 1. The summed E-state index contributed by atoms with van der Waals surface area (Å²) in [5.74, 6) is 0.563. The minimum atomic E-state index is -0.551. The van der Waals surface area contributed by atoms with Crippen molar-refractivity contribution in [3.8, 4) is 5.75 Å². The Morgan fingerprint density at radius 2 is 1.81 bits per heavy atom. The molecule has 2 heterocycles. The van der Waals surface area contributed by atoms with Gasteiger partial charge in [0.2, 0.25) is 0 Å². The van der Waals surface area contributed by atoms with E-state index in [0.29, 0.717) is 28.6 Å². The lowest BCUT2D eigenvalue weighted by Gasteiger charge is -2.14. The summed E-state index contributed by atoms with van der Waals surface area (Å²) in [4.78, 5) is 32.3. The molecule has 1 amide bonds. The zero-order valence-corrected chi connectivity index (χ0v) is 18.1. The highest BCUT2D eigenvalue weighted by atomic mass is 35.5. The Kier molecular flexibility index (Phi) is 5.50. The third kappa shape index (κ3) is 3.80. The molecule has 1 saturated heterocycles. The largest absolute Gasteiger partial charge is 0.422 e. The molecule has 0 bridgehead atoms. The predicted molar refractivity (Wildman–Crippen MR) is 126 cm³/mol. The second-order valence-corrected chi connectivity index (χ2v) is 8.31. The van der Waals surface area contributed by atoms with E-state index in [1.807, 2.05) is 36.4 Å². The van der Waals surface area contributed by atoms with E-state index >= 15 is 0 Å². The van der Waals surface area contributed by atoms with Gasteiger partial charge in [-0.05, 0) is 36.4 Å². The number of benzene rings is 3. The van der Waals surface area contributed by atoms with Crippen LogP contribution >= 0.6 is 11.6 Å². The van der Waals surface area contributed by atoms with Crippen LogP contribution in [-0.4, -0.2) is 29.2 Å². The number of carbonyl (C=O) groups excluding carboxylic acids is 2. The van der Waals surface area contributed by atoms with Crippen LogP contribution in [0.3, 0.4) is 0 Å². The molecule has 5 nitrogen and oxygen atoms in total. The number of esters is 1. The standard InChI is InChI=1S/C26H21ClN2O3/c27-21-11-6-5-10-20(21)26(31)32-24-18(14-13-17-8-3-4-9-19(17)24)16-22-25(30)29-15-7-1-2-12-23(29)28-22/h3-6,8-11,13-14,16H,1-2,7,12,15H2/b22-16-. The van der Waals surface area contributed by atoms with Crippen molar-refractivity contribution < 1.29 is 14.3 Å². The normalized spacial score (nSPS) is 17.3. The maximum Gasteiger partial charge on any atom is 0.345 e. The summed E-state index contributed by atoms with van der Waals surface area (Å²) >= 11 is 6.20. The molecule has 5 rings (SSSR count). The van der Waals surface area contributed by atoms with E-state index in [2.05, 4.69) is 4.99 Å². The first kappa shape index (κ1) is 20.5. The minimum absolute atomic E-state index is 0.0987. The number of halogens is 1. The lowest BCUT2D eigenvalue weighted by atomic mass is 10.0. The first-order valence-corrected chi connectivity index (χ1v) is 11.1. The molecule has 0 unspecified atom stereocenters. The maximum absolute atomic E-state index is 13.0. The fraction of sp³-hybridized carbons (Fsp3) is 0.192. The lowest BCUT2D eigenvalue weighted by Crippen LogP contribution is -2.31. The van der Waals surface area contributed by atoms with Gasteiger partial charge in [-0.3, -0.25) is 9.69 Å². The van der Waals surface area contributed by atoms with Gasteiger partial charge in [-0.1, -0.05) is 66.6 Å². The Balaban J connectivity index is 1.58. The average molecular weight is 445 g/mol. The number of nitrogens with zero attached hydrogens (tertiary/aromatic N) is 2. The topological polar surface area (TPSA) is 59.0 Å². The minimum Gasteiger partial charge on any atom is -0.422 e. The molecule has 6 heteroatoms. The lowest BCUT2D eigenvalue weighted by molar-refractivity contribution is -0.122. The third-order valence-corrected chi connectivity index (χ3v) is 6.13. The highest BCUT2D eigenvalue weighted by molar-refractivity contribution is 6.33. The number of aliphatic imine (C=N–C) groups is 1. The summed E-state index contributed by atoms with van der Waals surface area (Å²) in [6, 6.07) is 18.2. The van der Waals surface area contributed by atoms with Crippen LogP contribution in [0.1, 0.15) is 41.6 Å². The van der Waals surface area contributed by atoms with Crippen LogP contribution in [0.2, 0.25) is 5.02 Å². The summed E-state index contributed by atoms with van der Waals surface area (Å²) in [6.07, 6.45) is 5.64. The molecule has 0 aromatic heterocycles. The van der Waals surface area contributed by atoms with E-state index in [1.54, 1.807) is 35.2 Å². The van der Waals surface area contributed by atoms with Crippen molar-refractivity contribution in [1.82, 2.24) is 4.90 Å². The van der Waals surface area contributed by atoms with Gasteiger partial charge >= 0.3 is 5.97 Å². The van der Waals surface area contributed by atoms with Crippen LogP contribution in [0, 0.1) is 0 Å². The number of amidine groups is 1. The van der Waals surface area contributed by atoms with Gasteiger partial charge in [0.25, 0.3) is 5.91 Å². The Bertz CT molecular complexity index is 1300. The maximum atomic E-state index is 13.0. The van der Waals surface area contributed by atoms with Crippen molar-refractivity contribution in [2.45, 2.75) is 25.7 Å². The zero-order chi connectivity index (χ0) is 22.1. The number of amides is 1. The van der Waals surface area contributed by atoms with Gasteiger partial charge in [0.15, 0.2) is 0 Å². The molecule has 2 aliphatic heterocycles. The molecule has 160 valence electrons. The fourth-order valence-corrected chi connectivity index (χ4v) is 4.37. The molecular weight excluding hydrogens is 424 g/mol. The number of fused-ring (bicyclic) bond motifs is 2. The summed E-state index contributed by atoms with van der Waals surface area (Å²) in [5, 5.41) is 2.02. The van der Waals surface area contributed by atoms with Crippen LogP contribution in [0.5, 0.6) is 5.75 Å². The molecule has 32 heavy (non-hydrogen) atoms. The van der Waals surface area contributed by atoms with E-state index in [0.717, 1.165) is 42.3 Å². The van der Waals surface area contributed by atoms with Crippen molar-refractivity contribution in [3.05, 3.63) is 82.5 Å². The van der Waals surface area contributed by atoms with E-state index in [9.17, 15) is 9.59 Å². The highest BCUT2D eigenvalue weighted by Gasteiger charge is 2.31. The van der Waals surface area contributed by atoms with Gasteiger partial charge in [-0.25, -0.2) is 9.79 Å². The van der Waals surface area contributed by atoms with Crippen molar-refractivity contribution in [2.24, 2.45) is 4.99 Å². The zero-order valence-electron chi connectivity index (χ0n) is 17.4. The summed E-state index contributed by atoms with van der Waals surface area (Å²) in [7, 11) is 0. The Morgan fingerprint density at radius 3 is 2.69 bits per heavy atom. The molecule has 3 aromatic carbocycles. The number of hydrogen-bond acceptors (Lipinski definition) is 4. The van der Waals surface area contributed by atoms with Gasteiger partial charge in [-0.15, -0.1) is 0 Å². The number of rotatable bonds is 3. The van der Waals surface area contributed by atoms with Gasteiger partial charge in [0, 0.05) is 23.9 Å². The number of hydrogen-bond donors (Lipinski definition) is 0. The second-order valence-electron chi connectivity index (χ2n) is 7.90. The monoisotopic (exact) mass is 444 g/mol. The Labute approximate surface area is 191 Å². The van der Waals surface area contributed by atoms with Crippen molar-refractivity contribution in [3.63, 3.8) is 0 Å². The van der Waals surface area contributed by atoms with Crippen molar-refractivity contribution in [1.29, 1.82) is 0 Å². The molecular formula is C26H21ClN2O3. The van der Waals surface area contributed by atoms with E-state index in [1.165, 1.54) is 0 Å². The second kappa shape index (κ2) is 8.60. The quantitative estimate of drug-likeness (QED) is 0.288. The van der Waals surface area contributed by atoms with E-state index in [4.69, 9.17) is 16.3 Å². The van der Waals surface area contributed by atoms with Gasteiger partial charge in [-0.2, -0.15) is 0 Å². The summed E-state index contributed by atoms with van der Waals surface area (Å²) in [6.45, 7) is 0.696. The molecule has 0 aliphatic carbocycles. The smallest absolute Gasteiger partial charge is 0.345 e. The average Bonchev–Trinajstić information content (AvgIpc) is 2.96. The summed E-state index contributed by atoms with van der Waals surface area (Å²) in [5.41, 5.74) is 1.27.